The lowest BCUT2D eigenvalue weighted by Gasteiger charge is -2.38. The average Bonchev–Trinajstić information content (AvgIpc) is 2.36. The molecule has 0 spiro atoms. The van der Waals surface area contributed by atoms with E-state index in [9.17, 15) is 4.79 Å². The smallest absolute Gasteiger partial charge is 0.233 e. The second-order valence-electron chi connectivity index (χ2n) is 4.82. The van der Waals surface area contributed by atoms with Crippen molar-refractivity contribution in [3.63, 3.8) is 0 Å². The van der Waals surface area contributed by atoms with Gasteiger partial charge >= 0.3 is 0 Å². The van der Waals surface area contributed by atoms with Crippen molar-refractivity contribution in [2.24, 2.45) is 0 Å². The Morgan fingerprint density at radius 1 is 1.42 bits per heavy atom. The molecule has 1 aromatic rings. The zero-order valence-corrected chi connectivity index (χ0v) is 12.3. The van der Waals surface area contributed by atoms with Crippen LogP contribution in [-0.4, -0.2) is 51.8 Å². The summed E-state index contributed by atoms with van der Waals surface area (Å²) in [6.45, 7) is 7.19. The molecular formula is C13H19N3O2S. The number of aryl methyl sites for hydroxylation is 1. The van der Waals surface area contributed by atoms with Crippen molar-refractivity contribution in [1.82, 2.24) is 14.9 Å². The molecule has 19 heavy (non-hydrogen) atoms. The van der Waals surface area contributed by atoms with Crippen LogP contribution < -0.4 is 0 Å². The van der Waals surface area contributed by atoms with Crippen LogP contribution in [0, 0.1) is 6.92 Å². The SMILES string of the molecule is Cc1cc(SCC(=O)N2C(C)COCC2C)ncn1. The molecule has 2 unspecified atom stereocenters. The van der Waals surface area contributed by atoms with E-state index < -0.39 is 0 Å². The van der Waals surface area contributed by atoms with Gasteiger partial charge in [0.15, 0.2) is 0 Å². The summed E-state index contributed by atoms with van der Waals surface area (Å²) in [7, 11) is 0. The first-order chi connectivity index (χ1) is 9.08. The number of nitrogens with zero attached hydrogens (tertiary/aromatic N) is 3. The number of aromatic nitrogens is 2. The number of thioether (sulfide) groups is 1. The van der Waals surface area contributed by atoms with Crippen molar-refractivity contribution < 1.29 is 9.53 Å². The second kappa shape index (κ2) is 6.34. The summed E-state index contributed by atoms with van der Waals surface area (Å²) in [5.41, 5.74) is 0.915. The minimum Gasteiger partial charge on any atom is -0.377 e. The Kier molecular flexibility index (Phi) is 4.76. The normalized spacial score (nSPS) is 23.4. The fourth-order valence-electron chi connectivity index (χ4n) is 2.22. The molecule has 1 saturated heterocycles. The molecule has 0 aliphatic carbocycles. The third-order valence-corrected chi connectivity index (χ3v) is 3.99. The highest BCUT2D eigenvalue weighted by Crippen LogP contribution is 2.19. The summed E-state index contributed by atoms with van der Waals surface area (Å²) < 4.78 is 5.43. The fourth-order valence-corrected chi connectivity index (χ4v) is 3.01. The number of carbonyl (C=O) groups excluding carboxylic acids is 1. The zero-order valence-electron chi connectivity index (χ0n) is 11.5. The molecule has 1 amide bonds. The average molecular weight is 281 g/mol. The van der Waals surface area contributed by atoms with E-state index in [-0.39, 0.29) is 18.0 Å². The monoisotopic (exact) mass is 281 g/mol. The van der Waals surface area contributed by atoms with Crippen LogP contribution in [0.4, 0.5) is 0 Å². The van der Waals surface area contributed by atoms with Crippen molar-refractivity contribution in [1.29, 1.82) is 0 Å². The van der Waals surface area contributed by atoms with E-state index in [0.29, 0.717) is 19.0 Å². The van der Waals surface area contributed by atoms with Crippen molar-refractivity contribution in [3.05, 3.63) is 18.1 Å². The minimum atomic E-state index is 0.143. The van der Waals surface area contributed by atoms with Crippen LogP contribution >= 0.6 is 11.8 Å². The molecule has 5 nitrogen and oxygen atoms in total. The number of amides is 1. The predicted molar refractivity (Wildman–Crippen MR) is 74.1 cm³/mol. The van der Waals surface area contributed by atoms with E-state index in [4.69, 9.17) is 4.74 Å². The first kappa shape index (κ1) is 14.3. The van der Waals surface area contributed by atoms with Crippen molar-refractivity contribution in [2.45, 2.75) is 37.9 Å². The molecule has 0 saturated carbocycles. The second-order valence-corrected chi connectivity index (χ2v) is 5.82. The van der Waals surface area contributed by atoms with Crippen LogP contribution in [0.3, 0.4) is 0 Å². The van der Waals surface area contributed by atoms with Gasteiger partial charge in [0.2, 0.25) is 5.91 Å². The van der Waals surface area contributed by atoms with Gasteiger partial charge in [-0.1, -0.05) is 11.8 Å². The molecule has 1 aliphatic heterocycles. The molecule has 0 aromatic carbocycles. The molecule has 1 fully saturated rings. The van der Waals surface area contributed by atoms with E-state index in [2.05, 4.69) is 9.97 Å². The maximum atomic E-state index is 12.3. The number of hydrogen-bond donors (Lipinski definition) is 0. The van der Waals surface area contributed by atoms with Gasteiger partial charge < -0.3 is 9.64 Å². The summed E-state index contributed by atoms with van der Waals surface area (Å²) in [5, 5.41) is 0.842. The Labute approximate surface area is 117 Å². The minimum absolute atomic E-state index is 0.143. The quantitative estimate of drug-likeness (QED) is 0.621. The standard InChI is InChI=1S/C13H19N3O2S/c1-9-4-12(15-8-14-9)19-7-13(17)16-10(2)5-18-6-11(16)3/h4,8,10-11H,5-7H2,1-3H3. The molecule has 2 rings (SSSR count). The van der Waals surface area contributed by atoms with Gasteiger partial charge in [0, 0.05) is 5.69 Å². The van der Waals surface area contributed by atoms with Crippen LogP contribution in [0.1, 0.15) is 19.5 Å². The Hall–Kier alpha value is -1.14. The lowest BCUT2D eigenvalue weighted by Crippen LogP contribution is -2.53. The van der Waals surface area contributed by atoms with Gasteiger partial charge in [0.25, 0.3) is 0 Å². The van der Waals surface area contributed by atoms with Crippen molar-refractivity contribution >= 4 is 17.7 Å². The van der Waals surface area contributed by atoms with Gasteiger partial charge in [0.1, 0.15) is 11.4 Å². The molecule has 0 bridgehead atoms. The Morgan fingerprint density at radius 2 is 2.11 bits per heavy atom. The molecule has 104 valence electrons. The maximum absolute atomic E-state index is 12.3. The Bertz CT molecular complexity index is 445. The lowest BCUT2D eigenvalue weighted by molar-refractivity contribution is -0.141. The molecule has 2 atom stereocenters. The van der Waals surface area contributed by atoms with E-state index >= 15 is 0 Å². The van der Waals surface area contributed by atoms with Gasteiger partial charge in [-0.25, -0.2) is 9.97 Å². The topological polar surface area (TPSA) is 55.3 Å². The van der Waals surface area contributed by atoms with E-state index in [0.717, 1.165) is 10.7 Å². The van der Waals surface area contributed by atoms with Crippen LogP contribution in [-0.2, 0) is 9.53 Å². The van der Waals surface area contributed by atoms with Crippen molar-refractivity contribution in [2.75, 3.05) is 19.0 Å². The number of rotatable bonds is 3. The number of morpholine rings is 1. The van der Waals surface area contributed by atoms with Crippen LogP contribution in [0.2, 0.25) is 0 Å². The van der Waals surface area contributed by atoms with E-state index in [1.807, 2.05) is 31.7 Å². The molecule has 0 radical (unpaired) electrons. The third-order valence-electron chi connectivity index (χ3n) is 3.08. The Balaban J connectivity index is 1.93. The molecule has 2 heterocycles. The molecule has 1 aromatic heterocycles. The summed E-state index contributed by atoms with van der Waals surface area (Å²) >= 11 is 1.46. The number of hydrogen-bond acceptors (Lipinski definition) is 5. The molecule has 6 heteroatoms. The predicted octanol–water partition coefficient (Wildman–Crippen LogP) is 1.51. The van der Waals surface area contributed by atoms with Gasteiger partial charge in [-0.3, -0.25) is 4.79 Å². The molecular weight excluding hydrogens is 262 g/mol. The highest BCUT2D eigenvalue weighted by Gasteiger charge is 2.29. The summed E-state index contributed by atoms with van der Waals surface area (Å²) in [6, 6.07) is 2.18. The van der Waals surface area contributed by atoms with Crippen LogP contribution in [0.15, 0.2) is 17.4 Å². The highest BCUT2D eigenvalue weighted by molar-refractivity contribution is 7.99. The Morgan fingerprint density at radius 3 is 2.74 bits per heavy atom. The number of ether oxygens (including phenoxy) is 1. The van der Waals surface area contributed by atoms with Crippen LogP contribution in [0.25, 0.3) is 0 Å². The van der Waals surface area contributed by atoms with Crippen molar-refractivity contribution in [3.8, 4) is 0 Å². The van der Waals surface area contributed by atoms with E-state index in [1.165, 1.54) is 18.1 Å². The highest BCUT2D eigenvalue weighted by atomic mass is 32.2. The molecule has 1 aliphatic rings. The number of carbonyl (C=O) groups is 1. The van der Waals surface area contributed by atoms with Gasteiger partial charge in [-0.2, -0.15) is 0 Å². The van der Waals surface area contributed by atoms with Gasteiger partial charge in [-0.05, 0) is 26.8 Å². The van der Waals surface area contributed by atoms with Crippen LogP contribution in [0.5, 0.6) is 0 Å². The summed E-state index contributed by atoms with van der Waals surface area (Å²) in [4.78, 5) is 22.4. The molecule has 0 N–H and O–H groups in total. The third kappa shape index (κ3) is 3.67. The maximum Gasteiger partial charge on any atom is 0.233 e. The van der Waals surface area contributed by atoms with Gasteiger partial charge in [0.05, 0.1) is 31.1 Å². The lowest BCUT2D eigenvalue weighted by atomic mass is 10.2. The first-order valence-corrected chi connectivity index (χ1v) is 7.37. The summed E-state index contributed by atoms with van der Waals surface area (Å²) in [5.74, 6) is 0.551. The first-order valence-electron chi connectivity index (χ1n) is 6.38. The van der Waals surface area contributed by atoms with Gasteiger partial charge in [-0.15, -0.1) is 0 Å². The zero-order chi connectivity index (χ0) is 13.8. The van der Waals surface area contributed by atoms with E-state index in [1.54, 1.807) is 0 Å². The summed E-state index contributed by atoms with van der Waals surface area (Å²) in [6.07, 6.45) is 1.53. The largest absolute Gasteiger partial charge is 0.377 e. The fraction of sp³-hybridized carbons (Fsp3) is 0.615.